The molecule has 286 valence electrons. The zero-order chi connectivity index (χ0) is 39.3. The third-order valence-corrected chi connectivity index (χ3v) is 10.4. The van der Waals surface area contributed by atoms with Gasteiger partial charge in [-0.2, -0.15) is 0 Å². The molecule has 2 aliphatic heterocycles. The number of amides is 3. The van der Waals surface area contributed by atoms with Gasteiger partial charge in [-0.3, -0.25) is 24.0 Å². The maximum absolute atomic E-state index is 14.3. The number of carboxylic acids is 1. The van der Waals surface area contributed by atoms with Crippen LogP contribution in [-0.4, -0.2) is 59.3 Å². The van der Waals surface area contributed by atoms with E-state index in [1.807, 2.05) is 109 Å². The van der Waals surface area contributed by atoms with Crippen LogP contribution in [0.25, 0.3) is 17.2 Å². The molecule has 3 heterocycles. The van der Waals surface area contributed by atoms with Crippen molar-refractivity contribution in [3.8, 4) is 16.9 Å². The molecule has 11 heteroatoms. The first-order valence-corrected chi connectivity index (χ1v) is 19.3. The number of ketones is 1. The monoisotopic (exact) mass is 769 g/mol. The largest absolute Gasteiger partial charge is 0.484 e. The number of benzene rings is 4. The molecule has 4 atom stereocenters. The summed E-state index contributed by atoms with van der Waals surface area (Å²) in [4.78, 5) is 69.0. The summed E-state index contributed by atoms with van der Waals surface area (Å²) in [5.41, 5.74) is 4.30. The van der Waals surface area contributed by atoms with Gasteiger partial charge in [0.25, 0.3) is 5.91 Å². The molecular weight excluding hydrogens is 727 g/mol. The predicted octanol–water partition coefficient (Wildman–Crippen LogP) is 6.05. The lowest BCUT2D eigenvalue weighted by Gasteiger charge is -2.25. The third-order valence-electron chi connectivity index (χ3n) is 9.53. The van der Waals surface area contributed by atoms with Crippen LogP contribution in [0.5, 0.6) is 5.75 Å². The highest BCUT2D eigenvalue weighted by Crippen LogP contribution is 2.22. The van der Waals surface area contributed by atoms with Crippen LogP contribution in [-0.2, 0) is 43.2 Å². The Balaban J connectivity index is 1.33. The molecule has 1 aromatic heterocycles. The van der Waals surface area contributed by atoms with Crippen LogP contribution in [0.4, 0.5) is 0 Å². The minimum Gasteiger partial charge on any atom is -0.484 e. The SMILES string of the molecule is O=C1COc2ccc(cc2)C[C@@H](C(=O)O)CC(=O)[C@@H](C/C=C/c2ccccc2)NC(=O)[C@H](Cc2ccc(-c3ccccc3)cc2)NC(=O)[C@@H](Cc2cccs2)N1. The Labute approximate surface area is 329 Å². The van der Waals surface area contributed by atoms with Gasteiger partial charge in [0.05, 0.1) is 12.0 Å². The van der Waals surface area contributed by atoms with Gasteiger partial charge in [0.2, 0.25) is 11.8 Å². The normalized spacial score (nSPS) is 19.9. The van der Waals surface area contributed by atoms with Crippen molar-refractivity contribution in [2.45, 2.75) is 50.2 Å². The standard InChI is InChI=1S/C45H43N3O7S/c49-41-27-35(45(53)54)25-31-18-22-36(23-19-31)55-29-42(50)46-40(28-37-14-8-24-56-37)44(52)48-39(26-32-16-20-34(21-17-32)33-12-5-2-6-13-33)43(51)47-38(41)15-7-11-30-9-3-1-4-10-30/h1-14,16-24,35,38-40H,15,25-29H2,(H,46,50)(H,47,51)(H,48,52)(H,53,54)/b11-7+/t35-,38-,39+,40-/m1/s1. The van der Waals surface area contributed by atoms with Gasteiger partial charge in [0, 0.05) is 24.1 Å². The number of hydrogen-bond donors (Lipinski definition) is 4. The molecule has 3 amide bonds. The summed E-state index contributed by atoms with van der Waals surface area (Å²) in [6, 6.07) is 34.0. The molecule has 4 N–H and O–H groups in total. The summed E-state index contributed by atoms with van der Waals surface area (Å²) in [6.07, 6.45) is 3.65. The molecule has 0 aliphatic carbocycles. The average molecular weight is 770 g/mol. The molecule has 56 heavy (non-hydrogen) atoms. The number of fused-ring (bicyclic) bond motifs is 16. The number of aliphatic carboxylic acids is 1. The minimum absolute atomic E-state index is 0.0599. The smallest absolute Gasteiger partial charge is 0.307 e. The Morgan fingerprint density at radius 3 is 2.00 bits per heavy atom. The molecule has 7 rings (SSSR count). The third kappa shape index (κ3) is 11.3. The van der Waals surface area contributed by atoms with Crippen LogP contribution >= 0.6 is 11.3 Å². The number of carbonyl (C=O) groups is 5. The Hall–Kier alpha value is -6.33. The first-order chi connectivity index (χ1) is 27.2. The fourth-order valence-corrected chi connectivity index (χ4v) is 7.24. The second-order valence-electron chi connectivity index (χ2n) is 13.7. The van der Waals surface area contributed by atoms with Crippen molar-refractivity contribution in [1.29, 1.82) is 0 Å². The molecule has 0 spiro atoms. The summed E-state index contributed by atoms with van der Waals surface area (Å²) in [7, 11) is 0. The Morgan fingerprint density at radius 1 is 0.696 bits per heavy atom. The molecule has 0 fully saturated rings. The molecule has 0 radical (unpaired) electrons. The number of Topliss-reactive ketones (excluding diaryl/α,β-unsaturated/α-hetero) is 1. The van der Waals surface area contributed by atoms with Crippen molar-refractivity contribution in [1.82, 2.24) is 16.0 Å². The molecule has 2 aliphatic rings. The van der Waals surface area contributed by atoms with Crippen molar-refractivity contribution in [2.24, 2.45) is 5.92 Å². The summed E-state index contributed by atoms with van der Waals surface area (Å²) in [6.45, 7) is -0.379. The van der Waals surface area contributed by atoms with Crippen LogP contribution in [0.2, 0.25) is 0 Å². The molecule has 4 aromatic carbocycles. The van der Waals surface area contributed by atoms with Gasteiger partial charge in [-0.05, 0) is 64.2 Å². The first-order valence-electron chi connectivity index (χ1n) is 18.5. The van der Waals surface area contributed by atoms with Crippen molar-refractivity contribution >= 4 is 46.9 Å². The molecule has 2 bridgehead atoms. The van der Waals surface area contributed by atoms with E-state index < -0.39 is 53.5 Å². The molecular formula is C45H43N3O7S. The maximum Gasteiger partial charge on any atom is 0.307 e. The number of thiophene rings is 1. The van der Waals surface area contributed by atoms with Crippen molar-refractivity contribution < 1.29 is 33.8 Å². The summed E-state index contributed by atoms with van der Waals surface area (Å²) >= 11 is 1.44. The second kappa shape index (κ2) is 19.3. The highest BCUT2D eigenvalue weighted by Gasteiger charge is 2.32. The Kier molecular flexibility index (Phi) is 13.6. The van der Waals surface area contributed by atoms with E-state index in [0.717, 1.165) is 27.1 Å². The van der Waals surface area contributed by atoms with Gasteiger partial charge in [0.1, 0.15) is 17.8 Å². The highest BCUT2D eigenvalue weighted by atomic mass is 32.1. The number of nitrogens with one attached hydrogen (secondary N) is 3. The molecule has 0 saturated carbocycles. The molecule has 5 aromatic rings. The maximum atomic E-state index is 14.3. The minimum atomic E-state index is -1.16. The van der Waals surface area contributed by atoms with E-state index in [4.69, 9.17) is 4.74 Å². The van der Waals surface area contributed by atoms with E-state index in [1.165, 1.54) is 11.3 Å². The zero-order valence-corrected chi connectivity index (χ0v) is 31.5. The molecule has 0 saturated heterocycles. The predicted molar refractivity (Wildman–Crippen MR) is 216 cm³/mol. The van der Waals surface area contributed by atoms with Crippen LogP contribution in [0, 0.1) is 5.92 Å². The molecule has 10 nitrogen and oxygen atoms in total. The van der Waals surface area contributed by atoms with Crippen LogP contribution in [0.3, 0.4) is 0 Å². The zero-order valence-electron chi connectivity index (χ0n) is 30.6. The van der Waals surface area contributed by atoms with Crippen LogP contribution < -0.4 is 20.7 Å². The van der Waals surface area contributed by atoms with Crippen molar-refractivity contribution in [2.75, 3.05) is 6.61 Å². The van der Waals surface area contributed by atoms with E-state index in [-0.39, 0.29) is 38.7 Å². The number of rotatable bonds is 9. The number of carboxylic acid groups (broad SMARTS) is 1. The molecule has 0 unspecified atom stereocenters. The Morgan fingerprint density at radius 2 is 1.34 bits per heavy atom. The van der Waals surface area contributed by atoms with Gasteiger partial charge in [0.15, 0.2) is 12.4 Å². The van der Waals surface area contributed by atoms with Crippen LogP contribution in [0.15, 0.2) is 133 Å². The summed E-state index contributed by atoms with van der Waals surface area (Å²) < 4.78 is 5.71. The van der Waals surface area contributed by atoms with Gasteiger partial charge < -0.3 is 25.8 Å². The van der Waals surface area contributed by atoms with E-state index in [1.54, 1.807) is 30.3 Å². The van der Waals surface area contributed by atoms with Crippen LogP contribution in [0.1, 0.15) is 34.4 Å². The summed E-state index contributed by atoms with van der Waals surface area (Å²) in [5, 5.41) is 20.6. The van der Waals surface area contributed by atoms with E-state index in [0.29, 0.717) is 11.3 Å². The lowest BCUT2D eigenvalue weighted by molar-refractivity contribution is -0.144. The number of ether oxygens (including phenoxy) is 1. The highest BCUT2D eigenvalue weighted by molar-refractivity contribution is 7.09. The average Bonchev–Trinajstić information content (AvgIpc) is 3.73. The lowest BCUT2D eigenvalue weighted by Crippen LogP contribution is -2.57. The topological polar surface area (TPSA) is 151 Å². The lowest BCUT2D eigenvalue weighted by atomic mass is 9.91. The van der Waals surface area contributed by atoms with Gasteiger partial charge in [-0.15, -0.1) is 11.3 Å². The number of hydrogen-bond acceptors (Lipinski definition) is 7. The number of carbonyl (C=O) groups excluding carboxylic acids is 4. The van der Waals surface area contributed by atoms with E-state index >= 15 is 0 Å². The van der Waals surface area contributed by atoms with Crippen molar-refractivity contribution in [3.63, 3.8) is 0 Å². The van der Waals surface area contributed by atoms with E-state index in [2.05, 4.69) is 16.0 Å². The Bertz CT molecular complexity index is 2120. The fourth-order valence-electron chi connectivity index (χ4n) is 6.49. The fraction of sp³-hybridized carbons (Fsp3) is 0.222. The van der Waals surface area contributed by atoms with Crippen molar-refractivity contribution in [3.05, 3.63) is 154 Å². The van der Waals surface area contributed by atoms with Gasteiger partial charge in [-0.25, -0.2) is 0 Å². The van der Waals surface area contributed by atoms with E-state index in [9.17, 15) is 29.1 Å². The summed E-state index contributed by atoms with van der Waals surface area (Å²) in [5.74, 6) is -4.05. The van der Waals surface area contributed by atoms with Gasteiger partial charge in [-0.1, -0.05) is 115 Å². The van der Waals surface area contributed by atoms with Gasteiger partial charge >= 0.3 is 5.97 Å². The second-order valence-corrected chi connectivity index (χ2v) is 14.7. The quantitative estimate of drug-likeness (QED) is 0.133. The first kappa shape index (κ1) is 39.4.